The Bertz CT molecular complexity index is 587. The summed E-state index contributed by atoms with van der Waals surface area (Å²) < 4.78 is 27.8. The van der Waals surface area contributed by atoms with Crippen molar-refractivity contribution in [1.82, 2.24) is 0 Å². The van der Waals surface area contributed by atoms with Gasteiger partial charge in [0.05, 0.1) is 17.6 Å². The molecule has 0 fully saturated rings. The highest BCUT2D eigenvalue weighted by Crippen LogP contribution is 2.23. The van der Waals surface area contributed by atoms with Crippen molar-refractivity contribution in [2.75, 3.05) is 13.4 Å². The van der Waals surface area contributed by atoms with Crippen LogP contribution in [0.2, 0.25) is 0 Å². The zero-order valence-electron chi connectivity index (χ0n) is 10.4. The average Bonchev–Trinajstić information content (AvgIpc) is 2.29. The number of esters is 1. The van der Waals surface area contributed by atoms with Crippen LogP contribution in [0.5, 0.6) is 0 Å². The summed E-state index contributed by atoms with van der Waals surface area (Å²) in [6, 6.07) is 2.72. The quantitative estimate of drug-likeness (QED) is 0.600. The maximum absolute atomic E-state index is 11.6. The summed E-state index contributed by atoms with van der Waals surface area (Å²) in [5.74, 6) is -0.556. The van der Waals surface area contributed by atoms with Crippen molar-refractivity contribution >= 4 is 22.1 Å². The van der Waals surface area contributed by atoms with E-state index in [1.807, 2.05) is 0 Å². The fraction of sp³-hybridized carbons (Fsp3) is 0.333. The van der Waals surface area contributed by atoms with Crippen LogP contribution in [0.25, 0.3) is 0 Å². The van der Waals surface area contributed by atoms with Crippen LogP contribution >= 0.6 is 0 Å². The van der Waals surface area contributed by atoms with Gasteiger partial charge in [-0.1, -0.05) is 0 Å². The molecule has 0 bridgehead atoms. The van der Waals surface area contributed by atoms with Gasteiger partial charge in [0.1, 0.15) is 6.29 Å². The van der Waals surface area contributed by atoms with Gasteiger partial charge in [0.25, 0.3) is 0 Å². The minimum Gasteiger partial charge on any atom is -0.465 e. The van der Waals surface area contributed by atoms with E-state index in [1.165, 1.54) is 19.2 Å². The molecule has 0 spiro atoms. The number of benzene rings is 1. The van der Waals surface area contributed by atoms with Crippen LogP contribution in [0.15, 0.2) is 17.0 Å². The Balaban J connectivity index is 3.57. The first-order valence-electron chi connectivity index (χ1n) is 5.17. The maximum atomic E-state index is 11.6. The molecule has 0 unspecified atom stereocenters. The Morgan fingerprint density at radius 3 is 2.44 bits per heavy atom. The number of hydrogen-bond donors (Lipinski definition) is 0. The first kappa shape index (κ1) is 14.4. The number of aldehydes is 1. The first-order valence-corrected chi connectivity index (χ1v) is 7.06. The lowest BCUT2D eigenvalue weighted by molar-refractivity contribution is -0.107. The second-order valence-electron chi connectivity index (χ2n) is 3.85. The third-order valence-electron chi connectivity index (χ3n) is 2.65. The SMILES string of the molecule is COC(=O)c1ccc(S(C)(=O)=O)c(CC=O)c1C. The summed E-state index contributed by atoms with van der Waals surface area (Å²) in [6.07, 6.45) is 1.62. The maximum Gasteiger partial charge on any atom is 0.338 e. The summed E-state index contributed by atoms with van der Waals surface area (Å²) in [5.41, 5.74) is 1.06. The molecule has 1 rings (SSSR count). The fourth-order valence-corrected chi connectivity index (χ4v) is 2.75. The van der Waals surface area contributed by atoms with Gasteiger partial charge in [-0.25, -0.2) is 13.2 Å². The summed E-state index contributed by atoms with van der Waals surface area (Å²) in [4.78, 5) is 22.2. The predicted octanol–water partition coefficient (Wildman–Crippen LogP) is 0.927. The number of sulfone groups is 1. The molecule has 0 aliphatic heterocycles. The Kier molecular flexibility index (Phi) is 4.24. The average molecular weight is 270 g/mol. The zero-order chi connectivity index (χ0) is 13.9. The highest BCUT2D eigenvalue weighted by molar-refractivity contribution is 7.90. The molecule has 0 aromatic heterocycles. The molecular formula is C12H14O5S. The Morgan fingerprint density at radius 1 is 1.39 bits per heavy atom. The second kappa shape index (κ2) is 5.30. The molecule has 5 nitrogen and oxygen atoms in total. The van der Waals surface area contributed by atoms with Crippen LogP contribution in [0, 0.1) is 6.92 Å². The van der Waals surface area contributed by atoms with Crippen LogP contribution < -0.4 is 0 Å². The molecular weight excluding hydrogens is 256 g/mol. The molecule has 0 saturated carbocycles. The van der Waals surface area contributed by atoms with E-state index in [1.54, 1.807) is 6.92 Å². The van der Waals surface area contributed by atoms with E-state index in [-0.39, 0.29) is 16.9 Å². The number of carbonyl (C=O) groups excluding carboxylic acids is 2. The molecule has 1 aromatic carbocycles. The molecule has 0 amide bonds. The summed E-state index contributed by atoms with van der Waals surface area (Å²) in [5, 5.41) is 0. The Hall–Kier alpha value is -1.69. The largest absolute Gasteiger partial charge is 0.465 e. The van der Waals surface area contributed by atoms with E-state index in [4.69, 9.17) is 0 Å². The van der Waals surface area contributed by atoms with Crippen molar-refractivity contribution in [3.63, 3.8) is 0 Å². The smallest absolute Gasteiger partial charge is 0.338 e. The monoisotopic (exact) mass is 270 g/mol. The molecule has 0 radical (unpaired) electrons. The van der Waals surface area contributed by atoms with Gasteiger partial charge in [-0.05, 0) is 30.2 Å². The molecule has 0 atom stereocenters. The number of carbonyl (C=O) groups is 2. The molecule has 0 aliphatic rings. The molecule has 1 aromatic rings. The van der Waals surface area contributed by atoms with Crippen LogP contribution in [0.1, 0.15) is 21.5 Å². The van der Waals surface area contributed by atoms with Crippen molar-refractivity contribution in [3.05, 3.63) is 28.8 Å². The molecule has 0 heterocycles. The summed E-state index contributed by atoms with van der Waals surface area (Å²) in [7, 11) is -2.20. The van der Waals surface area contributed by atoms with E-state index >= 15 is 0 Å². The van der Waals surface area contributed by atoms with Crippen molar-refractivity contribution in [1.29, 1.82) is 0 Å². The van der Waals surface area contributed by atoms with Crippen LogP contribution in [-0.2, 0) is 25.8 Å². The second-order valence-corrected chi connectivity index (χ2v) is 5.83. The summed E-state index contributed by atoms with van der Waals surface area (Å²) >= 11 is 0. The van der Waals surface area contributed by atoms with Crippen molar-refractivity contribution in [3.8, 4) is 0 Å². The minimum atomic E-state index is -3.44. The Labute approximate surface area is 106 Å². The van der Waals surface area contributed by atoms with Crippen molar-refractivity contribution < 1.29 is 22.7 Å². The molecule has 0 aliphatic carbocycles. The number of methoxy groups -OCH3 is 1. The van der Waals surface area contributed by atoms with E-state index in [2.05, 4.69) is 4.74 Å². The van der Waals surface area contributed by atoms with E-state index in [0.29, 0.717) is 17.4 Å². The van der Waals surface area contributed by atoms with E-state index in [0.717, 1.165) is 6.26 Å². The van der Waals surface area contributed by atoms with Gasteiger partial charge in [0.2, 0.25) is 0 Å². The normalized spacial score (nSPS) is 11.1. The van der Waals surface area contributed by atoms with Crippen LogP contribution in [0.3, 0.4) is 0 Å². The molecule has 6 heteroatoms. The zero-order valence-corrected chi connectivity index (χ0v) is 11.2. The van der Waals surface area contributed by atoms with Gasteiger partial charge in [-0.3, -0.25) is 0 Å². The van der Waals surface area contributed by atoms with Crippen LogP contribution in [0.4, 0.5) is 0 Å². The van der Waals surface area contributed by atoms with E-state index < -0.39 is 15.8 Å². The lowest BCUT2D eigenvalue weighted by atomic mass is 10.0. The molecule has 18 heavy (non-hydrogen) atoms. The van der Waals surface area contributed by atoms with Gasteiger partial charge < -0.3 is 9.53 Å². The van der Waals surface area contributed by atoms with Crippen molar-refractivity contribution in [2.45, 2.75) is 18.2 Å². The highest BCUT2D eigenvalue weighted by Gasteiger charge is 2.20. The third kappa shape index (κ3) is 2.76. The number of hydrogen-bond acceptors (Lipinski definition) is 5. The lowest BCUT2D eigenvalue weighted by Gasteiger charge is -2.12. The number of rotatable bonds is 4. The summed E-state index contributed by atoms with van der Waals surface area (Å²) in [6.45, 7) is 1.60. The standard InChI is InChI=1S/C12H14O5S/c1-8-9(6-7-13)11(18(3,15)16)5-4-10(8)12(14)17-2/h4-5,7H,6H2,1-3H3. The Morgan fingerprint density at radius 2 is 2.00 bits per heavy atom. The topological polar surface area (TPSA) is 77.5 Å². The highest BCUT2D eigenvalue weighted by atomic mass is 32.2. The van der Waals surface area contributed by atoms with Gasteiger partial charge in [0.15, 0.2) is 9.84 Å². The van der Waals surface area contributed by atoms with Crippen molar-refractivity contribution in [2.24, 2.45) is 0 Å². The third-order valence-corrected chi connectivity index (χ3v) is 3.83. The first-order chi connectivity index (χ1) is 8.32. The fourth-order valence-electron chi connectivity index (χ4n) is 1.75. The van der Waals surface area contributed by atoms with Gasteiger partial charge in [0, 0.05) is 12.7 Å². The number of ether oxygens (including phenoxy) is 1. The van der Waals surface area contributed by atoms with Gasteiger partial charge in [-0.15, -0.1) is 0 Å². The van der Waals surface area contributed by atoms with Gasteiger partial charge in [-0.2, -0.15) is 0 Å². The lowest BCUT2D eigenvalue weighted by Crippen LogP contribution is -2.11. The van der Waals surface area contributed by atoms with E-state index in [9.17, 15) is 18.0 Å². The van der Waals surface area contributed by atoms with Gasteiger partial charge >= 0.3 is 5.97 Å². The molecule has 98 valence electrons. The minimum absolute atomic E-state index is 0.0565. The molecule has 0 N–H and O–H groups in total. The van der Waals surface area contributed by atoms with Crippen LogP contribution in [-0.4, -0.2) is 34.0 Å². The molecule has 0 saturated heterocycles. The predicted molar refractivity (Wildman–Crippen MR) is 65.4 cm³/mol.